The van der Waals surface area contributed by atoms with E-state index in [2.05, 4.69) is 50.0 Å². The van der Waals surface area contributed by atoms with Crippen LogP contribution in [0.5, 0.6) is 0 Å². The van der Waals surface area contributed by atoms with Gasteiger partial charge >= 0.3 is 0 Å². The molecular formula is C15H24N2. The lowest BCUT2D eigenvalue weighted by Crippen LogP contribution is -2.48. The molecule has 0 aliphatic carbocycles. The van der Waals surface area contributed by atoms with Crippen molar-refractivity contribution < 1.29 is 0 Å². The van der Waals surface area contributed by atoms with Crippen molar-refractivity contribution in [1.82, 2.24) is 10.2 Å². The molecule has 1 heterocycles. The first kappa shape index (κ1) is 12.6. The molecule has 1 atom stereocenters. The van der Waals surface area contributed by atoms with E-state index in [9.17, 15) is 0 Å². The molecule has 2 nitrogen and oxygen atoms in total. The maximum absolute atomic E-state index is 3.49. The smallest absolute Gasteiger partial charge is 0.0237 e. The van der Waals surface area contributed by atoms with Gasteiger partial charge in [0.1, 0.15) is 0 Å². The van der Waals surface area contributed by atoms with Crippen LogP contribution in [0.15, 0.2) is 12.1 Å². The molecule has 1 aliphatic heterocycles. The Morgan fingerprint density at radius 1 is 1.18 bits per heavy atom. The normalized spacial score (nSPS) is 21.8. The van der Waals surface area contributed by atoms with Crippen molar-refractivity contribution in [1.29, 1.82) is 0 Å². The van der Waals surface area contributed by atoms with Gasteiger partial charge in [-0.3, -0.25) is 4.90 Å². The van der Waals surface area contributed by atoms with E-state index < -0.39 is 0 Å². The monoisotopic (exact) mass is 232 g/mol. The first-order valence-electron chi connectivity index (χ1n) is 6.58. The van der Waals surface area contributed by atoms with Gasteiger partial charge in [-0.05, 0) is 49.9 Å². The molecule has 1 N–H and O–H groups in total. The molecule has 17 heavy (non-hydrogen) atoms. The summed E-state index contributed by atoms with van der Waals surface area (Å²) in [4.78, 5) is 2.55. The Hall–Kier alpha value is -0.860. The minimum atomic E-state index is 0.621. The van der Waals surface area contributed by atoms with Gasteiger partial charge in [-0.25, -0.2) is 0 Å². The fourth-order valence-corrected chi connectivity index (χ4v) is 2.59. The average Bonchev–Trinajstić information content (AvgIpc) is 2.26. The number of hydrogen-bond acceptors (Lipinski definition) is 2. The highest BCUT2D eigenvalue weighted by Crippen LogP contribution is 2.17. The third kappa shape index (κ3) is 3.08. The van der Waals surface area contributed by atoms with Crippen LogP contribution in [0.3, 0.4) is 0 Å². The molecule has 0 radical (unpaired) electrons. The summed E-state index contributed by atoms with van der Waals surface area (Å²) < 4.78 is 0. The van der Waals surface area contributed by atoms with Gasteiger partial charge in [0.25, 0.3) is 0 Å². The van der Waals surface area contributed by atoms with Crippen LogP contribution in [-0.4, -0.2) is 30.6 Å². The molecule has 0 saturated carbocycles. The highest BCUT2D eigenvalue weighted by Gasteiger charge is 2.16. The summed E-state index contributed by atoms with van der Waals surface area (Å²) in [5.74, 6) is 0. The maximum atomic E-state index is 3.49. The Morgan fingerprint density at radius 3 is 2.59 bits per heavy atom. The number of nitrogens with zero attached hydrogens (tertiary/aromatic N) is 1. The Morgan fingerprint density at radius 2 is 1.88 bits per heavy atom. The van der Waals surface area contributed by atoms with E-state index in [0.717, 1.165) is 26.2 Å². The average molecular weight is 232 g/mol. The van der Waals surface area contributed by atoms with Crippen LogP contribution in [0.2, 0.25) is 0 Å². The van der Waals surface area contributed by atoms with Crippen molar-refractivity contribution in [2.75, 3.05) is 19.6 Å². The van der Waals surface area contributed by atoms with E-state index in [4.69, 9.17) is 0 Å². The lowest BCUT2D eigenvalue weighted by molar-refractivity contribution is 0.199. The van der Waals surface area contributed by atoms with Gasteiger partial charge in [0.15, 0.2) is 0 Å². The number of nitrogens with one attached hydrogen (secondary N) is 1. The van der Waals surface area contributed by atoms with Crippen LogP contribution in [0.4, 0.5) is 0 Å². The summed E-state index contributed by atoms with van der Waals surface area (Å²) in [7, 11) is 0. The fourth-order valence-electron chi connectivity index (χ4n) is 2.59. The molecule has 0 bridgehead atoms. The number of benzene rings is 1. The third-order valence-electron chi connectivity index (χ3n) is 3.80. The van der Waals surface area contributed by atoms with Crippen molar-refractivity contribution in [2.45, 2.75) is 40.3 Å². The standard InChI is InChI=1S/C15H24N2/c1-11-7-13(3)15(8-12(11)2)10-17-6-5-16-14(4)9-17/h7-8,14,16H,5-6,9-10H2,1-4H3/t14-/m1/s1. The third-order valence-corrected chi connectivity index (χ3v) is 3.80. The van der Waals surface area contributed by atoms with Crippen molar-refractivity contribution >= 4 is 0 Å². The summed E-state index contributed by atoms with van der Waals surface area (Å²) in [6.45, 7) is 13.4. The molecule has 1 aromatic rings. The second kappa shape index (κ2) is 5.19. The van der Waals surface area contributed by atoms with Crippen molar-refractivity contribution in [3.05, 3.63) is 34.4 Å². The molecule has 1 fully saturated rings. The number of rotatable bonds is 2. The van der Waals surface area contributed by atoms with Gasteiger partial charge in [0.05, 0.1) is 0 Å². The van der Waals surface area contributed by atoms with Crippen LogP contribution < -0.4 is 5.32 Å². The van der Waals surface area contributed by atoms with Gasteiger partial charge in [-0.15, -0.1) is 0 Å². The van der Waals surface area contributed by atoms with Crippen LogP contribution in [0.1, 0.15) is 29.2 Å². The second-order valence-corrected chi connectivity index (χ2v) is 5.45. The second-order valence-electron chi connectivity index (χ2n) is 5.45. The number of aryl methyl sites for hydroxylation is 3. The van der Waals surface area contributed by atoms with Crippen LogP contribution in [0, 0.1) is 20.8 Å². The minimum absolute atomic E-state index is 0.621. The van der Waals surface area contributed by atoms with E-state index >= 15 is 0 Å². The molecule has 94 valence electrons. The van der Waals surface area contributed by atoms with Gasteiger partial charge in [-0.1, -0.05) is 12.1 Å². The lowest BCUT2D eigenvalue weighted by Gasteiger charge is -2.32. The van der Waals surface area contributed by atoms with Gasteiger partial charge < -0.3 is 5.32 Å². The van der Waals surface area contributed by atoms with E-state index in [1.165, 1.54) is 22.3 Å². The summed E-state index contributed by atoms with van der Waals surface area (Å²) in [5, 5.41) is 3.49. The first-order valence-corrected chi connectivity index (χ1v) is 6.58. The van der Waals surface area contributed by atoms with Crippen molar-refractivity contribution in [3.63, 3.8) is 0 Å². The van der Waals surface area contributed by atoms with Gasteiger partial charge in [0.2, 0.25) is 0 Å². The maximum Gasteiger partial charge on any atom is 0.0237 e. The van der Waals surface area contributed by atoms with Gasteiger partial charge in [0, 0.05) is 32.2 Å². The molecule has 1 aromatic carbocycles. The Kier molecular flexibility index (Phi) is 3.85. The molecule has 0 unspecified atom stereocenters. The van der Waals surface area contributed by atoms with Gasteiger partial charge in [-0.2, -0.15) is 0 Å². The largest absolute Gasteiger partial charge is 0.312 e. The Labute approximate surface area is 105 Å². The first-order chi connectivity index (χ1) is 8.06. The van der Waals surface area contributed by atoms with E-state index in [-0.39, 0.29) is 0 Å². The van der Waals surface area contributed by atoms with Crippen LogP contribution in [0.25, 0.3) is 0 Å². The van der Waals surface area contributed by atoms with E-state index in [1.807, 2.05) is 0 Å². The number of hydrogen-bond donors (Lipinski definition) is 1. The highest BCUT2D eigenvalue weighted by atomic mass is 15.2. The zero-order chi connectivity index (χ0) is 12.4. The Bertz CT molecular complexity index is 398. The minimum Gasteiger partial charge on any atom is -0.312 e. The zero-order valence-electron chi connectivity index (χ0n) is 11.5. The fraction of sp³-hybridized carbons (Fsp3) is 0.600. The van der Waals surface area contributed by atoms with Crippen LogP contribution in [-0.2, 0) is 6.54 Å². The highest BCUT2D eigenvalue weighted by molar-refractivity contribution is 5.36. The summed E-state index contributed by atoms with van der Waals surface area (Å²) in [5.41, 5.74) is 5.73. The van der Waals surface area contributed by atoms with E-state index in [0.29, 0.717) is 6.04 Å². The quantitative estimate of drug-likeness (QED) is 0.842. The molecule has 1 saturated heterocycles. The Balaban J connectivity index is 2.10. The van der Waals surface area contributed by atoms with Crippen molar-refractivity contribution in [3.8, 4) is 0 Å². The molecule has 0 spiro atoms. The molecule has 0 amide bonds. The topological polar surface area (TPSA) is 15.3 Å². The molecule has 2 rings (SSSR count). The summed E-state index contributed by atoms with van der Waals surface area (Å²) in [6.07, 6.45) is 0. The molecular weight excluding hydrogens is 208 g/mol. The summed E-state index contributed by atoms with van der Waals surface area (Å²) in [6, 6.07) is 5.30. The predicted molar refractivity (Wildman–Crippen MR) is 73.4 cm³/mol. The van der Waals surface area contributed by atoms with Crippen molar-refractivity contribution in [2.24, 2.45) is 0 Å². The molecule has 0 aromatic heterocycles. The SMILES string of the molecule is Cc1cc(C)c(CN2CCN[C@H](C)C2)cc1C. The molecule has 1 aliphatic rings. The predicted octanol–water partition coefficient (Wildman–Crippen LogP) is 2.41. The molecule has 2 heteroatoms. The summed E-state index contributed by atoms with van der Waals surface area (Å²) >= 11 is 0. The number of piperazine rings is 1. The zero-order valence-corrected chi connectivity index (χ0v) is 11.5. The van der Waals surface area contributed by atoms with Crippen LogP contribution >= 0.6 is 0 Å². The van der Waals surface area contributed by atoms with E-state index in [1.54, 1.807) is 0 Å². The lowest BCUT2D eigenvalue weighted by atomic mass is 10.00.